The van der Waals surface area contributed by atoms with Crippen molar-refractivity contribution in [3.05, 3.63) is 70.6 Å². The maximum Gasteiger partial charge on any atom is 0.320 e. The summed E-state index contributed by atoms with van der Waals surface area (Å²) in [5.41, 5.74) is 8.63. The number of hydrogen-bond acceptors (Lipinski definition) is 5. The van der Waals surface area contributed by atoms with E-state index < -0.39 is 6.03 Å². The topological polar surface area (TPSA) is 122 Å². The van der Waals surface area contributed by atoms with Crippen molar-refractivity contribution in [2.75, 3.05) is 11.1 Å². The van der Waals surface area contributed by atoms with Crippen molar-refractivity contribution in [3.63, 3.8) is 0 Å². The zero-order chi connectivity index (χ0) is 20.3. The number of rotatable bonds is 5. The largest absolute Gasteiger partial charge is 0.398 e. The second kappa shape index (κ2) is 8.10. The van der Waals surface area contributed by atoms with Crippen LogP contribution in [0.25, 0.3) is 0 Å². The molecular weight excluding hydrogens is 378 g/mol. The molecule has 2 amide bonds. The fraction of sp³-hybridized carbons (Fsp3) is 0.158. The van der Waals surface area contributed by atoms with Gasteiger partial charge in [0, 0.05) is 47.3 Å². The van der Waals surface area contributed by atoms with Gasteiger partial charge in [-0.15, -0.1) is 0 Å². The van der Waals surface area contributed by atoms with Crippen molar-refractivity contribution in [2.45, 2.75) is 13.0 Å². The molecule has 5 N–H and O–H groups in total. The molecule has 0 aliphatic rings. The van der Waals surface area contributed by atoms with Crippen molar-refractivity contribution in [1.29, 1.82) is 5.41 Å². The molecular formula is C19H20ClN7O. The number of pyridine rings is 1. The van der Waals surface area contributed by atoms with Gasteiger partial charge >= 0.3 is 6.03 Å². The lowest BCUT2D eigenvalue weighted by atomic mass is 10.1. The number of nitrogens with zero attached hydrogens (tertiary/aromatic N) is 3. The highest BCUT2D eigenvalue weighted by molar-refractivity contribution is 6.30. The van der Waals surface area contributed by atoms with Gasteiger partial charge in [-0.2, -0.15) is 5.10 Å². The van der Waals surface area contributed by atoms with Gasteiger partial charge in [-0.1, -0.05) is 23.7 Å². The molecule has 28 heavy (non-hydrogen) atoms. The van der Waals surface area contributed by atoms with Crippen LogP contribution in [-0.4, -0.2) is 26.5 Å². The normalized spacial score (nSPS) is 11.7. The SMILES string of the molecule is C[C@@H](NC(=O)Nc1cc(N)c(C(=N)c2cnn(C)c2)cn1)c1ccc(Cl)cc1. The number of aromatic nitrogens is 3. The molecule has 9 heteroatoms. The lowest BCUT2D eigenvalue weighted by molar-refractivity contribution is 0.249. The summed E-state index contributed by atoms with van der Waals surface area (Å²) >= 11 is 5.88. The standard InChI is InChI=1S/C19H20ClN7O/c1-11(12-3-5-14(20)6-4-12)25-19(28)26-17-7-16(21)15(9-23-17)18(22)13-8-24-27(2)10-13/h3-11,22H,1-2H3,(H4,21,23,25,26,28)/t11-/m1/s1. The zero-order valence-electron chi connectivity index (χ0n) is 15.4. The fourth-order valence-electron chi connectivity index (χ4n) is 2.64. The summed E-state index contributed by atoms with van der Waals surface area (Å²) < 4.78 is 1.61. The number of amides is 2. The number of urea groups is 1. The van der Waals surface area contributed by atoms with Gasteiger partial charge in [-0.3, -0.25) is 15.4 Å². The maximum atomic E-state index is 12.2. The van der Waals surface area contributed by atoms with E-state index in [2.05, 4.69) is 20.7 Å². The van der Waals surface area contributed by atoms with Crippen LogP contribution in [0, 0.1) is 5.41 Å². The van der Waals surface area contributed by atoms with Crippen LogP contribution >= 0.6 is 11.6 Å². The van der Waals surface area contributed by atoms with Crippen LogP contribution in [0.1, 0.15) is 29.7 Å². The molecule has 2 heterocycles. The van der Waals surface area contributed by atoms with E-state index in [1.54, 1.807) is 36.3 Å². The minimum Gasteiger partial charge on any atom is -0.398 e. The monoisotopic (exact) mass is 397 g/mol. The first-order valence-corrected chi connectivity index (χ1v) is 8.87. The third kappa shape index (κ3) is 4.47. The van der Waals surface area contributed by atoms with E-state index in [0.29, 0.717) is 27.7 Å². The number of nitrogens with one attached hydrogen (secondary N) is 3. The molecule has 0 saturated carbocycles. The Morgan fingerprint density at radius 3 is 2.61 bits per heavy atom. The third-order valence-corrected chi connectivity index (χ3v) is 4.41. The highest BCUT2D eigenvalue weighted by Crippen LogP contribution is 2.19. The van der Waals surface area contributed by atoms with E-state index in [0.717, 1.165) is 5.56 Å². The third-order valence-electron chi connectivity index (χ3n) is 4.16. The molecule has 8 nitrogen and oxygen atoms in total. The molecule has 144 valence electrons. The van der Waals surface area contributed by atoms with Gasteiger partial charge in [0.05, 0.1) is 18.0 Å². The predicted molar refractivity (Wildman–Crippen MR) is 110 cm³/mol. The number of anilines is 2. The van der Waals surface area contributed by atoms with E-state index in [1.165, 1.54) is 12.3 Å². The van der Waals surface area contributed by atoms with Crippen molar-refractivity contribution >= 4 is 34.8 Å². The van der Waals surface area contributed by atoms with E-state index in [1.807, 2.05) is 19.1 Å². The second-order valence-corrected chi connectivity index (χ2v) is 6.74. The molecule has 0 aliphatic heterocycles. The fourth-order valence-corrected chi connectivity index (χ4v) is 2.76. The Kier molecular flexibility index (Phi) is 5.60. The Labute approximate surface area is 167 Å². The van der Waals surface area contributed by atoms with Gasteiger partial charge < -0.3 is 11.1 Å². The molecule has 0 fully saturated rings. The van der Waals surface area contributed by atoms with Crippen molar-refractivity contribution in [2.24, 2.45) is 7.05 Å². The molecule has 0 aliphatic carbocycles. The number of halogens is 1. The van der Waals surface area contributed by atoms with E-state index in [9.17, 15) is 4.79 Å². The number of benzene rings is 1. The van der Waals surface area contributed by atoms with Crippen LogP contribution in [0.4, 0.5) is 16.3 Å². The molecule has 3 aromatic rings. The molecule has 0 radical (unpaired) electrons. The Morgan fingerprint density at radius 2 is 2.00 bits per heavy atom. The molecule has 3 rings (SSSR count). The smallest absolute Gasteiger partial charge is 0.320 e. The first-order chi connectivity index (χ1) is 13.3. The van der Waals surface area contributed by atoms with Gasteiger partial charge in [0.2, 0.25) is 0 Å². The van der Waals surface area contributed by atoms with Crippen LogP contribution in [0.15, 0.2) is 48.9 Å². The second-order valence-electron chi connectivity index (χ2n) is 6.31. The molecule has 2 aromatic heterocycles. The Bertz CT molecular complexity index is 1010. The quantitative estimate of drug-likeness (QED) is 0.493. The average molecular weight is 398 g/mol. The summed E-state index contributed by atoms with van der Waals surface area (Å²) in [7, 11) is 1.77. The van der Waals surface area contributed by atoms with Gasteiger partial charge in [0.25, 0.3) is 0 Å². The molecule has 1 aromatic carbocycles. The predicted octanol–water partition coefficient (Wildman–Crippen LogP) is 3.35. The van der Waals surface area contributed by atoms with Crippen molar-refractivity contribution in [3.8, 4) is 0 Å². The summed E-state index contributed by atoms with van der Waals surface area (Å²) in [4.78, 5) is 16.4. The average Bonchev–Trinajstić information content (AvgIpc) is 3.08. The van der Waals surface area contributed by atoms with Crippen LogP contribution in [0.3, 0.4) is 0 Å². The Morgan fingerprint density at radius 1 is 1.29 bits per heavy atom. The van der Waals surface area contributed by atoms with Crippen LogP contribution in [0.5, 0.6) is 0 Å². The van der Waals surface area contributed by atoms with E-state index >= 15 is 0 Å². The highest BCUT2D eigenvalue weighted by Gasteiger charge is 2.14. The summed E-state index contributed by atoms with van der Waals surface area (Å²) in [6.45, 7) is 1.86. The number of carbonyl (C=O) groups is 1. The Balaban J connectivity index is 1.66. The lowest BCUT2D eigenvalue weighted by Crippen LogP contribution is -2.31. The number of hydrogen-bond donors (Lipinski definition) is 4. The van der Waals surface area contributed by atoms with Gasteiger partial charge in [0.15, 0.2) is 0 Å². The molecule has 0 saturated heterocycles. The minimum absolute atomic E-state index is 0.213. The molecule has 0 bridgehead atoms. The number of aryl methyl sites for hydroxylation is 1. The first kappa shape index (κ1) is 19.4. The van der Waals surface area contributed by atoms with Crippen LogP contribution in [-0.2, 0) is 7.05 Å². The molecule has 0 spiro atoms. The van der Waals surface area contributed by atoms with Crippen molar-refractivity contribution in [1.82, 2.24) is 20.1 Å². The minimum atomic E-state index is -0.413. The number of carbonyl (C=O) groups excluding carboxylic acids is 1. The lowest BCUT2D eigenvalue weighted by Gasteiger charge is -2.15. The van der Waals surface area contributed by atoms with E-state index in [-0.39, 0.29) is 11.8 Å². The first-order valence-electron chi connectivity index (χ1n) is 8.50. The summed E-state index contributed by atoms with van der Waals surface area (Å²) in [6.07, 6.45) is 4.77. The Hall–Kier alpha value is -3.39. The van der Waals surface area contributed by atoms with Crippen LogP contribution < -0.4 is 16.4 Å². The number of nitrogen functional groups attached to an aromatic ring is 1. The van der Waals surface area contributed by atoms with Crippen molar-refractivity contribution < 1.29 is 4.79 Å². The highest BCUT2D eigenvalue weighted by atomic mass is 35.5. The molecule has 0 unspecified atom stereocenters. The molecule has 1 atom stereocenters. The maximum absolute atomic E-state index is 12.2. The summed E-state index contributed by atoms with van der Waals surface area (Å²) in [5.74, 6) is 0.293. The zero-order valence-corrected chi connectivity index (χ0v) is 16.2. The van der Waals surface area contributed by atoms with Gasteiger partial charge in [-0.25, -0.2) is 9.78 Å². The summed E-state index contributed by atoms with van der Waals surface area (Å²) in [5, 5.41) is 18.4. The van der Waals surface area contributed by atoms with Crippen LogP contribution in [0.2, 0.25) is 5.02 Å². The number of nitrogens with two attached hydrogens (primary N) is 1. The van der Waals surface area contributed by atoms with E-state index in [4.69, 9.17) is 22.7 Å². The summed E-state index contributed by atoms with van der Waals surface area (Å²) in [6, 6.07) is 8.13. The van der Waals surface area contributed by atoms with Gasteiger partial charge in [0.1, 0.15) is 5.82 Å². The van der Waals surface area contributed by atoms with Gasteiger partial charge in [-0.05, 0) is 24.6 Å².